The van der Waals surface area contributed by atoms with Crippen molar-refractivity contribution in [2.24, 2.45) is 0 Å². The van der Waals surface area contributed by atoms with Gasteiger partial charge in [-0.2, -0.15) is 0 Å². The van der Waals surface area contributed by atoms with Crippen molar-refractivity contribution in [1.29, 1.82) is 0 Å². The normalized spacial score (nSPS) is 15.3. The third kappa shape index (κ3) is 1.79. The Morgan fingerprint density at radius 2 is 2.20 bits per heavy atom. The zero-order valence-corrected chi connectivity index (χ0v) is 9.13. The zero-order chi connectivity index (χ0) is 11.1. The van der Waals surface area contributed by atoms with E-state index in [2.05, 4.69) is 31.1 Å². The number of rotatable bonds is 0. The number of pyridine rings is 1. The maximum atomic E-state index is 11.0. The average Bonchev–Trinajstić information content (AvgIpc) is 2.15. The van der Waals surface area contributed by atoms with Crippen LogP contribution >= 0.6 is 0 Å². The summed E-state index contributed by atoms with van der Waals surface area (Å²) >= 11 is 0. The number of ether oxygens (including phenoxy) is 1. The van der Waals surface area contributed by atoms with Gasteiger partial charge < -0.3 is 4.74 Å². The maximum absolute atomic E-state index is 11.0. The number of fused-ring (bicyclic) bond motifs is 1. The molecule has 0 unspecified atom stereocenters. The van der Waals surface area contributed by atoms with Crippen LogP contribution in [0.5, 0.6) is 0 Å². The molecule has 0 aromatic carbocycles. The van der Waals surface area contributed by atoms with E-state index < -0.39 is 6.09 Å². The largest absolute Gasteiger partial charge is 0.444 e. The highest BCUT2D eigenvalue weighted by atomic mass is 16.5. The molecule has 2 heterocycles. The third-order valence-corrected chi connectivity index (χ3v) is 2.43. The summed E-state index contributed by atoms with van der Waals surface area (Å²) in [4.78, 5) is 15.1. The van der Waals surface area contributed by atoms with Crippen LogP contribution in [-0.2, 0) is 16.8 Å². The quantitative estimate of drug-likeness (QED) is 0.709. The van der Waals surface area contributed by atoms with Gasteiger partial charge in [0.25, 0.3) is 0 Å². The van der Waals surface area contributed by atoms with Crippen molar-refractivity contribution in [1.82, 2.24) is 4.98 Å². The van der Waals surface area contributed by atoms with Crippen LogP contribution in [0, 0.1) is 0 Å². The standard InChI is InChI=1S/C11H14N2O2/c1-11(2,3)8-4-5-12-9-7(8)6-15-10(14)13-9/h4-5H,6H2,1-3H3,(H,12,13,14). The lowest BCUT2D eigenvalue weighted by atomic mass is 9.84. The Balaban J connectivity index is 2.51. The molecule has 0 bridgehead atoms. The Hall–Kier alpha value is -1.58. The summed E-state index contributed by atoms with van der Waals surface area (Å²) in [6, 6.07) is 1.97. The number of hydrogen-bond donors (Lipinski definition) is 1. The van der Waals surface area contributed by atoms with Crippen molar-refractivity contribution in [2.45, 2.75) is 32.8 Å². The summed E-state index contributed by atoms with van der Waals surface area (Å²) < 4.78 is 4.95. The fourth-order valence-corrected chi connectivity index (χ4v) is 1.72. The summed E-state index contributed by atoms with van der Waals surface area (Å²) in [5.74, 6) is 0.624. The van der Waals surface area contributed by atoms with E-state index in [1.165, 1.54) is 0 Å². The third-order valence-electron chi connectivity index (χ3n) is 2.43. The van der Waals surface area contributed by atoms with E-state index in [-0.39, 0.29) is 5.41 Å². The van der Waals surface area contributed by atoms with Gasteiger partial charge in [-0.3, -0.25) is 5.32 Å². The zero-order valence-electron chi connectivity index (χ0n) is 9.13. The van der Waals surface area contributed by atoms with E-state index in [1.807, 2.05) is 6.07 Å². The first-order valence-corrected chi connectivity index (χ1v) is 4.90. The molecule has 4 heteroatoms. The van der Waals surface area contributed by atoms with Crippen LogP contribution in [0.2, 0.25) is 0 Å². The summed E-state index contributed by atoms with van der Waals surface area (Å²) in [5, 5.41) is 2.60. The fraction of sp³-hybridized carbons (Fsp3) is 0.455. The summed E-state index contributed by atoms with van der Waals surface area (Å²) in [6.45, 7) is 6.68. The minimum atomic E-state index is -0.430. The average molecular weight is 206 g/mol. The van der Waals surface area contributed by atoms with E-state index in [0.717, 1.165) is 11.1 Å². The highest BCUT2D eigenvalue weighted by molar-refractivity contribution is 5.86. The number of nitrogens with one attached hydrogen (secondary N) is 1. The second-order valence-electron chi connectivity index (χ2n) is 4.64. The van der Waals surface area contributed by atoms with Crippen LogP contribution in [-0.4, -0.2) is 11.1 Å². The van der Waals surface area contributed by atoms with Crippen LogP contribution in [0.3, 0.4) is 0 Å². The lowest BCUT2D eigenvalue weighted by molar-refractivity contribution is 0.150. The molecule has 15 heavy (non-hydrogen) atoms. The van der Waals surface area contributed by atoms with E-state index in [1.54, 1.807) is 6.20 Å². The second kappa shape index (κ2) is 3.22. The SMILES string of the molecule is CC(C)(C)c1ccnc2c1COC(=O)N2. The predicted molar refractivity (Wildman–Crippen MR) is 56.7 cm³/mol. The Morgan fingerprint density at radius 3 is 2.87 bits per heavy atom. The van der Waals surface area contributed by atoms with Crippen molar-refractivity contribution in [3.63, 3.8) is 0 Å². The number of carbonyl (C=O) groups excluding carboxylic acids is 1. The first-order valence-electron chi connectivity index (χ1n) is 4.90. The van der Waals surface area contributed by atoms with Crippen LogP contribution in [0.15, 0.2) is 12.3 Å². The van der Waals surface area contributed by atoms with Crippen LogP contribution in [0.1, 0.15) is 31.9 Å². The molecular formula is C11H14N2O2. The van der Waals surface area contributed by atoms with Gasteiger partial charge in [-0.05, 0) is 17.0 Å². The number of anilines is 1. The molecule has 0 fully saturated rings. The van der Waals surface area contributed by atoms with Gasteiger partial charge in [0.05, 0.1) is 0 Å². The molecule has 4 nitrogen and oxygen atoms in total. The van der Waals surface area contributed by atoms with Gasteiger partial charge in [0.15, 0.2) is 0 Å². The van der Waals surface area contributed by atoms with Crippen molar-refractivity contribution >= 4 is 11.9 Å². The van der Waals surface area contributed by atoms with E-state index in [4.69, 9.17) is 4.74 Å². The topological polar surface area (TPSA) is 51.2 Å². The predicted octanol–water partition coefficient (Wildman–Crippen LogP) is 2.44. The molecule has 2 rings (SSSR count). The van der Waals surface area contributed by atoms with Crippen LogP contribution in [0.4, 0.5) is 10.6 Å². The second-order valence-corrected chi connectivity index (χ2v) is 4.64. The fourth-order valence-electron chi connectivity index (χ4n) is 1.72. The van der Waals surface area contributed by atoms with E-state index >= 15 is 0 Å². The molecule has 0 saturated carbocycles. The molecular weight excluding hydrogens is 192 g/mol. The summed E-state index contributed by atoms with van der Waals surface area (Å²) in [5.41, 5.74) is 2.16. The summed E-state index contributed by atoms with van der Waals surface area (Å²) in [6.07, 6.45) is 1.28. The maximum Gasteiger partial charge on any atom is 0.413 e. The Bertz CT molecular complexity index is 408. The monoisotopic (exact) mass is 206 g/mol. The first-order chi connectivity index (χ1) is 6.98. The highest BCUT2D eigenvalue weighted by Gasteiger charge is 2.25. The minimum Gasteiger partial charge on any atom is -0.444 e. The Labute approximate surface area is 88.7 Å². The van der Waals surface area contributed by atoms with Gasteiger partial charge >= 0.3 is 6.09 Å². The molecule has 0 radical (unpaired) electrons. The van der Waals surface area contributed by atoms with Crippen molar-refractivity contribution in [3.8, 4) is 0 Å². The van der Waals surface area contributed by atoms with Gasteiger partial charge in [0.1, 0.15) is 12.4 Å². The number of carbonyl (C=O) groups is 1. The number of amides is 1. The smallest absolute Gasteiger partial charge is 0.413 e. The number of aromatic nitrogens is 1. The van der Waals surface area contributed by atoms with Crippen LogP contribution < -0.4 is 5.32 Å². The summed E-state index contributed by atoms with van der Waals surface area (Å²) in [7, 11) is 0. The van der Waals surface area contributed by atoms with Crippen molar-refractivity contribution in [3.05, 3.63) is 23.4 Å². The first kappa shape index (κ1) is 9.96. The molecule has 1 aliphatic heterocycles. The molecule has 1 aliphatic rings. The molecule has 1 N–H and O–H groups in total. The molecule has 1 aromatic rings. The number of hydrogen-bond acceptors (Lipinski definition) is 3. The van der Waals surface area contributed by atoms with E-state index in [0.29, 0.717) is 12.4 Å². The van der Waals surface area contributed by atoms with Gasteiger partial charge in [-0.15, -0.1) is 0 Å². The lowest BCUT2D eigenvalue weighted by Crippen LogP contribution is -2.25. The lowest BCUT2D eigenvalue weighted by Gasteiger charge is -2.26. The number of nitrogens with zero attached hydrogens (tertiary/aromatic N) is 1. The van der Waals surface area contributed by atoms with Crippen LogP contribution in [0.25, 0.3) is 0 Å². The molecule has 80 valence electrons. The minimum absolute atomic E-state index is 0.0262. The van der Waals surface area contributed by atoms with Gasteiger partial charge in [0, 0.05) is 11.8 Å². The highest BCUT2D eigenvalue weighted by Crippen LogP contribution is 2.31. The molecule has 1 aromatic heterocycles. The Kier molecular flexibility index (Phi) is 2.14. The molecule has 0 aliphatic carbocycles. The molecule has 1 amide bonds. The van der Waals surface area contributed by atoms with Crippen molar-refractivity contribution in [2.75, 3.05) is 5.32 Å². The Morgan fingerprint density at radius 1 is 1.47 bits per heavy atom. The van der Waals surface area contributed by atoms with E-state index in [9.17, 15) is 4.79 Å². The van der Waals surface area contributed by atoms with Gasteiger partial charge in [-0.25, -0.2) is 9.78 Å². The number of cyclic esters (lactones) is 1. The molecule has 0 saturated heterocycles. The molecule has 0 atom stereocenters. The van der Waals surface area contributed by atoms with Gasteiger partial charge in [-0.1, -0.05) is 20.8 Å². The van der Waals surface area contributed by atoms with Crippen molar-refractivity contribution < 1.29 is 9.53 Å². The molecule has 0 spiro atoms. The van der Waals surface area contributed by atoms with Gasteiger partial charge in [0.2, 0.25) is 0 Å².